The molecule has 0 amide bonds. The van der Waals surface area contributed by atoms with Crippen molar-refractivity contribution < 1.29 is 14.2 Å². The van der Waals surface area contributed by atoms with Crippen LogP contribution in [0.25, 0.3) is 0 Å². The van der Waals surface area contributed by atoms with Crippen molar-refractivity contribution in [1.82, 2.24) is 20.0 Å². The summed E-state index contributed by atoms with van der Waals surface area (Å²) in [6.45, 7) is 4.84. The highest BCUT2D eigenvalue weighted by atomic mass is 127. The number of ether oxygens (including phenoxy) is 3. The summed E-state index contributed by atoms with van der Waals surface area (Å²) in [6.07, 6.45) is 3.81. The first-order chi connectivity index (χ1) is 13.6. The number of morpholine rings is 1. The fourth-order valence-electron chi connectivity index (χ4n) is 3.17. The summed E-state index contributed by atoms with van der Waals surface area (Å²) in [5, 5.41) is 7.65. The Bertz CT molecular complexity index is 798. The van der Waals surface area contributed by atoms with Gasteiger partial charge in [-0.2, -0.15) is 5.10 Å². The van der Waals surface area contributed by atoms with Gasteiger partial charge in [-0.1, -0.05) is 6.07 Å². The molecule has 3 rings (SSSR count). The standard InChI is InChI=1S/C20H29N5O3.HI/c1-15(28-18-7-5-6-17(10-18)26-4)11-22-20(21-2)25-8-9-27-19(14-25)16-12-23-24(3)13-16;/h5-7,10,12-13,15,19H,8-9,11,14H2,1-4H3,(H,21,22);1H. The number of aliphatic imine (C=N–C) groups is 1. The van der Waals surface area contributed by atoms with Gasteiger partial charge >= 0.3 is 0 Å². The Balaban J connectivity index is 0.00000300. The summed E-state index contributed by atoms with van der Waals surface area (Å²) in [4.78, 5) is 6.64. The number of hydrogen-bond donors (Lipinski definition) is 1. The molecule has 8 nitrogen and oxygen atoms in total. The van der Waals surface area contributed by atoms with Crippen molar-refractivity contribution in [2.24, 2.45) is 12.0 Å². The van der Waals surface area contributed by atoms with Gasteiger partial charge in [0.1, 0.15) is 23.7 Å². The van der Waals surface area contributed by atoms with Gasteiger partial charge in [0.15, 0.2) is 5.96 Å². The maximum atomic E-state index is 5.98. The van der Waals surface area contributed by atoms with Crippen LogP contribution in [0.3, 0.4) is 0 Å². The molecule has 0 saturated carbocycles. The van der Waals surface area contributed by atoms with Crippen molar-refractivity contribution in [3.05, 3.63) is 42.2 Å². The van der Waals surface area contributed by atoms with E-state index in [2.05, 4.69) is 20.3 Å². The molecule has 1 aliphatic rings. The summed E-state index contributed by atoms with van der Waals surface area (Å²) >= 11 is 0. The molecule has 2 unspecified atom stereocenters. The topological polar surface area (TPSA) is 73.1 Å². The van der Waals surface area contributed by atoms with Crippen LogP contribution in [0.4, 0.5) is 0 Å². The smallest absolute Gasteiger partial charge is 0.193 e. The minimum atomic E-state index is -0.0287. The number of methoxy groups -OCH3 is 1. The van der Waals surface area contributed by atoms with E-state index in [1.54, 1.807) is 18.8 Å². The Labute approximate surface area is 189 Å². The maximum Gasteiger partial charge on any atom is 0.193 e. The van der Waals surface area contributed by atoms with E-state index < -0.39 is 0 Å². The largest absolute Gasteiger partial charge is 0.497 e. The molecule has 1 fully saturated rings. The van der Waals surface area contributed by atoms with Crippen LogP contribution in [0, 0.1) is 0 Å². The molecule has 29 heavy (non-hydrogen) atoms. The Morgan fingerprint density at radius 2 is 2.21 bits per heavy atom. The average Bonchev–Trinajstić information content (AvgIpc) is 3.15. The van der Waals surface area contributed by atoms with Gasteiger partial charge in [-0.15, -0.1) is 24.0 Å². The molecule has 0 bridgehead atoms. The number of hydrogen-bond acceptors (Lipinski definition) is 5. The Hall–Kier alpha value is -2.01. The second-order valence-electron chi connectivity index (χ2n) is 6.79. The van der Waals surface area contributed by atoms with Crippen molar-refractivity contribution >= 4 is 29.9 Å². The van der Waals surface area contributed by atoms with Crippen LogP contribution in [0.1, 0.15) is 18.6 Å². The van der Waals surface area contributed by atoms with E-state index in [9.17, 15) is 0 Å². The van der Waals surface area contributed by atoms with Crippen LogP contribution >= 0.6 is 24.0 Å². The molecule has 0 radical (unpaired) electrons. The van der Waals surface area contributed by atoms with Crippen LogP contribution in [0.2, 0.25) is 0 Å². The first-order valence-electron chi connectivity index (χ1n) is 9.45. The lowest BCUT2D eigenvalue weighted by Crippen LogP contribution is -2.49. The second kappa shape index (κ2) is 11.2. The van der Waals surface area contributed by atoms with Gasteiger partial charge in [0, 0.05) is 38.5 Å². The average molecular weight is 515 g/mol. The van der Waals surface area contributed by atoms with E-state index in [-0.39, 0.29) is 36.2 Å². The first-order valence-corrected chi connectivity index (χ1v) is 9.45. The molecular formula is C20H30IN5O3. The zero-order chi connectivity index (χ0) is 19.9. The molecule has 2 aromatic rings. The first kappa shape index (κ1) is 23.3. The SMILES string of the molecule is CN=C(NCC(C)Oc1cccc(OC)c1)N1CCOC(c2cnn(C)c2)C1.I. The lowest BCUT2D eigenvalue weighted by molar-refractivity contribution is -0.00814. The number of rotatable bonds is 6. The number of halogens is 1. The van der Waals surface area contributed by atoms with E-state index >= 15 is 0 Å². The van der Waals surface area contributed by atoms with Crippen LogP contribution in [0.15, 0.2) is 41.7 Å². The maximum absolute atomic E-state index is 5.98. The molecule has 1 aromatic carbocycles. The normalized spacial score (nSPS) is 18.0. The highest BCUT2D eigenvalue weighted by Crippen LogP contribution is 2.22. The third kappa shape index (κ3) is 6.49. The fourth-order valence-corrected chi connectivity index (χ4v) is 3.17. The van der Waals surface area contributed by atoms with Crippen molar-refractivity contribution in [3.8, 4) is 11.5 Å². The third-order valence-corrected chi connectivity index (χ3v) is 4.60. The van der Waals surface area contributed by atoms with E-state index in [1.807, 2.05) is 50.6 Å². The van der Waals surface area contributed by atoms with Crippen LogP contribution in [-0.4, -0.2) is 67.1 Å². The van der Waals surface area contributed by atoms with Gasteiger partial charge in [-0.05, 0) is 19.1 Å². The van der Waals surface area contributed by atoms with Crippen LogP contribution in [0.5, 0.6) is 11.5 Å². The molecule has 2 heterocycles. The van der Waals surface area contributed by atoms with E-state index in [0.717, 1.165) is 36.1 Å². The van der Waals surface area contributed by atoms with Crippen molar-refractivity contribution in [1.29, 1.82) is 0 Å². The van der Waals surface area contributed by atoms with Gasteiger partial charge < -0.3 is 24.4 Å². The lowest BCUT2D eigenvalue weighted by Gasteiger charge is -2.35. The van der Waals surface area contributed by atoms with E-state index in [4.69, 9.17) is 14.2 Å². The quantitative estimate of drug-likeness (QED) is 0.362. The highest BCUT2D eigenvalue weighted by molar-refractivity contribution is 14.0. The minimum Gasteiger partial charge on any atom is -0.497 e. The Morgan fingerprint density at radius 1 is 1.41 bits per heavy atom. The molecule has 160 valence electrons. The lowest BCUT2D eigenvalue weighted by atomic mass is 10.1. The molecule has 1 N–H and O–H groups in total. The molecular weight excluding hydrogens is 485 g/mol. The summed E-state index contributed by atoms with van der Waals surface area (Å²) < 4.78 is 18.9. The highest BCUT2D eigenvalue weighted by Gasteiger charge is 2.25. The fraction of sp³-hybridized carbons (Fsp3) is 0.500. The van der Waals surface area contributed by atoms with Crippen molar-refractivity contribution in [2.75, 3.05) is 40.4 Å². The zero-order valence-electron chi connectivity index (χ0n) is 17.4. The predicted octanol–water partition coefficient (Wildman–Crippen LogP) is 2.46. The number of aryl methyl sites for hydroxylation is 1. The molecule has 0 aliphatic carbocycles. The number of nitrogens with zero attached hydrogens (tertiary/aromatic N) is 4. The van der Waals surface area contributed by atoms with Gasteiger partial charge in [0.05, 0.1) is 33.0 Å². The van der Waals surface area contributed by atoms with Gasteiger partial charge in [0.2, 0.25) is 0 Å². The molecule has 1 saturated heterocycles. The van der Waals surface area contributed by atoms with Crippen LogP contribution in [-0.2, 0) is 11.8 Å². The number of aromatic nitrogens is 2. The summed E-state index contributed by atoms with van der Waals surface area (Å²) in [6, 6.07) is 7.62. The number of benzene rings is 1. The number of nitrogens with one attached hydrogen (secondary N) is 1. The van der Waals surface area contributed by atoms with Crippen LogP contribution < -0.4 is 14.8 Å². The van der Waals surface area contributed by atoms with Crippen molar-refractivity contribution in [2.45, 2.75) is 19.1 Å². The third-order valence-electron chi connectivity index (χ3n) is 4.60. The summed E-state index contributed by atoms with van der Waals surface area (Å²) in [5.74, 6) is 2.41. The molecule has 0 spiro atoms. The van der Waals surface area contributed by atoms with Gasteiger partial charge in [-0.25, -0.2) is 0 Å². The molecule has 9 heteroatoms. The van der Waals surface area contributed by atoms with E-state index in [0.29, 0.717) is 13.2 Å². The molecule has 1 aromatic heterocycles. The summed E-state index contributed by atoms with van der Waals surface area (Å²) in [7, 11) is 5.36. The Morgan fingerprint density at radius 3 is 2.90 bits per heavy atom. The van der Waals surface area contributed by atoms with Gasteiger partial charge in [0.25, 0.3) is 0 Å². The summed E-state index contributed by atoms with van der Waals surface area (Å²) in [5.41, 5.74) is 1.08. The molecule has 1 aliphatic heterocycles. The minimum absolute atomic E-state index is 0. The van der Waals surface area contributed by atoms with Gasteiger partial charge in [-0.3, -0.25) is 9.67 Å². The Kier molecular flexibility index (Phi) is 9.02. The molecule has 2 atom stereocenters. The monoisotopic (exact) mass is 515 g/mol. The second-order valence-corrected chi connectivity index (χ2v) is 6.79. The number of guanidine groups is 1. The zero-order valence-corrected chi connectivity index (χ0v) is 19.7. The van der Waals surface area contributed by atoms with E-state index in [1.165, 1.54) is 0 Å². The predicted molar refractivity (Wildman–Crippen MR) is 123 cm³/mol. The van der Waals surface area contributed by atoms with Crippen molar-refractivity contribution in [3.63, 3.8) is 0 Å².